The third-order valence-electron chi connectivity index (χ3n) is 4.48. The molecule has 1 N–H and O–H groups in total. The molecule has 0 aliphatic carbocycles. The molecule has 7 heteroatoms. The molecule has 3 rings (SSSR count). The molecule has 30 heavy (non-hydrogen) atoms. The Morgan fingerprint density at radius 3 is 2.47 bits per heavy atom. The van der Waals surface area contributed by atoms with E-state index in [0.717, 1.165) is 45.9 Å². The van der Waals surface area contributed by atoms with Gasteiger partial charge in [-0.05, 0) is 61.0 Å². The minimum Gasteiger partial charge on any atom is -0.493 e. The summed E-state index contributed by atoms with van der Waals surface area (Å²) in [5.41, 5.74) is 3.20. The monoisotopic (exact) mass is 492 g/mol. The summed E-state index contributed by atoms with van der Waals surface area (Å²) in [7, 11) is 3.30. The molecule has 0 aliphatic heterocycles. The molecule has 0 aliphatic rings. The number of rotatable bonds is 10. The maximum absolute atomic E-state index is 6.00. The lowest BCUT2D eigenvalue weighted by molar-refractivity contribution is 0.297. The van der Waals surface area contributed by atoms with Crippen LogP contribution in [-0.4, -0.2) is 25.7 Å². The van der Waals surface area contributed by atoms with Crippen molar-refractivity contribution in [3.8, 4) is 17.2 Å². The molecule has 0 saturated heterocycles. The van der Waals surface area contributed by atoms with E-state index in [1.165, 1.54) is 5.56 Å². The van der Waals surface area contributed by atoms with Gasteiger partial charge in [0.1, 0.15) is 12.4 Å². The van der Waals surface area contributed by atoms with Crippen LogP contribution in [-0.2, 0) is 19.6 Å². The van der Waals surface area contributed by atoms with Crippen LogP contribution in [0.15, 0.2) is 65.3 Å². The van der Waals surface area contributed by atoms with Gasteiger partial charge in [0.2, 0.25) is 0 Å². The molecule has 0 saturated carbocycles. The molecule has 160 valence electrons. The van der Waals surface area contributed by atoms with Gasteiger partial charge in [-0.2, -0.15) is 0 Å². The molecule has 0 unspecified atom stereocenters. The SMILES string of the molecule is COc1ccc(CCNCc2cc(Br)ccc2OCc2ccccn2)cc1OC.Cl. The maximum Gasteiger partial charge on any atom is 0.160 e. The van der Waals surface area contributed by atoms with Crippen molar-refractivity contribution < 1.29 is 14.2 Å². The fraction of sp³-hybridized carbons (Fsp3) is 0.261. The topological polar surface area (TPSA) is 52.6 Å². The Kier molecular flexibility index (Phi) is 9.94. The third-order valence-corrected chi connectivity index (χ3v) is 4.97. The first-order chi connectivity index (χ1) is 14.2. The van der Waals surface area contributed by atoms with Gasteiger partial charge in [-0.1, -0.05) is 28.1 Å². The molecule has 0 amide bonds. The first-order valence-electron chi connectivity index (χ1n) is 9.42. The summed E-state index contributed by atoms with van der Waals surface area (Å²) in [5, 5.41) is 3.49. The standard InChI is InChI=1S/C23H25BrN2O3.ClH/c1-27-22-8-6-17(13-23(22)28-2)10-12-25-15-18-14-19(24)7-9-21(18)29-16-20-5-3-4-11-26-20;/h3-9,11,13-14,25H,10,12,15-16H2,1-2H3;1H. The summed E-state index contributed by atoms with van der Waals surface area (Å²) >= 11 is 3.55. The van der Waals surface area contributed by atoms with Gasteiger partial charge in [-0.3, -0.25) is 4.98 Å². The van der Waals surface area contributed by atoms with E-state index in [-0.39, 0.29) is 12.4 Å². The fourth-order valence-corrected chi connectivity index (χ4v) is 3.36. The summed E-state index contributed by atoms with van der Waals surface area (Å²) in [4.78, 5) is 4.31. The molecule has 0 bridgehead atoms. The Balaban J connectivity index is 0.00000320. The Morgan fingerprint density at radius 1 is 0.933 bits per heavy atom. The van der Waals surface area contributed by atoms with E-state index < -0.39 is 0 Å². The van der Waals surface area contributed by atoms with Gasteiger partial charge in [-0.15, -0.1) is 12.4 Å². The molecule has 0 atom stereocenters. The number of nitrogens with one attached hydrogen (secondary N) is 1. The smallest absolute Gasteiger partial charge is 0.160 e. The van der Waals surface area contributed by atoms with Crippen LogP contribution >= 0.6 is 28.3 Å². The van der Waals surface area contributed by atoms with E-state index in [0.29, 0.717) is 13.2 Å². The largest absolute Gasteiger partial charge is 0.493 e. The molecule has 0 radical (unpaired) electrons. The van der Waals surface area contributed by atoms with Crippen molar-refractivity contribution in [2.24, 2.45) is 0 Å². The quantitative estimate of drug-likeness (QED) is 0.394. The van der Waals surface area contributed by atoms with Gasteiger partial charge >= 0.3 is 0 Å². The highest BCUT2D eigenvalue weighted by molar-refractivity contribution is 9.10. The second-order valence-electron chi connectivity index (χ2n) is 6.48. The van der Waals surface area contributed by atoms with Crippen molar-refractivity contribution in [3.63, 3.8) is 0 Å². The molecule has 1 aromatic heterocycles. The highest BCUT2D eigenvalue weighted by Gasteiger charge is 2.07. The van der Waals surface area contributed by atoms with Crippen molar-refractivity contribution >= 4 is 28.3 Å². The first kappa shape index (κ1) is 24.0. The number of nitrogens with zero attached hydrogens (tertiary/aromatic N) is 1. The number of halogens is 2. The van der Waals surface area contributed by atoms with Crippen LogP contribution < -0.4 is 19.5 Å². The fourth-order valence-electron chi connectivity index (χ4n) is 2.95. The summed E-state index contributed by atoms with van der Waals surface area (Å²) in [6.45, 7) is 1.99. The highest BCUT2D eigenvalue weighted by Crippen LogP contribution is 2.28. The predicted molar refractivity (Wildman–Crippen MR) is 125 cm³/mol. The summed E-state index contributed by atoms with van der Waals surface area (Å²) in [6, 6.07) is 17.9. The van der Waals surface area contributed by atoms with Crippen molar-refractivity contribution in [2.45, 2.75) is 19.6 Å². The third kappa shape index (κ3) is 6.90. The molecule has 0 spiro atoms. The van der Waals surface area contributed by atoms with E-state index in [2.05, 4.69) is 38.4 Å². The number of hydrogen-bond donors (Lipinski definition) is 1. The zero-order chi connectivity index (χ0) is 20.5. The first-order valence-corrected chi connectivity index (χ1v) is 10.2. The molecule has 1 heterocycles. The van der Waals surface area contributed by atoms with Crippen LogP contribution in [0.5, 0.6) is 17.2 Å². The van der Waals surface area contributed by atoms with Crippen LogP contribution in [0.2, 0.25) is 0 Å². The number of hydrogen-bond acceptors (Lipinski definition) is 5. The molecular formula is C23H26BrClN2O3. The highest BCUT2D eigenvalue weighted by atomic mass is 79.9. The normalized spacial score (nSPS) is 10.2. The van der Waals surface area contributed by atoms with Crippen LogP contribution in [0.3, 0.4) is 0 Å². The second-order valence-corrected chi connectivity index (χ2v) is 7.39. The average molecular weight is 494 g/mol. The van der Waals surface area contributed by atoms with Crippen molar-refractivity contribution in [1.82, 2.24) is 10.3 Å². The maximum atomic E-state index is 6.00. The Labute approximate surface area is 192 Å². The van der Waals surface area contributed by atoms with E-state index in [1.54, 1.807) is 20.4 Å². The van der Waals surface area contributed by atoms with Crippen molar-refractivity contribution in [2.75, 3.05) is 20.8 Å². The number of aromatic nitrogens is 1. The number of methoxy groups -OCH3 is 2. The van der Waals surface area contributed by atoms with Crippen molar-refractivity contribution in [3.05, 3.63) is 82.1 Å². The number of ether oxygens (including phenoxy) is 3. The molecule has 2 aromatic carbocycles. The lowest BCUT2D eigenvalue weighted by Gasteiger charge is -2.13. The zero-order valence-electron chi connectivity index (χ0n) is 17.1. The van der Waals surface area contributed by atoms with Crippen LogP contribution in [0.1, 0.15) is 16.8 Å². The van der Waals surface area contributed by atoms with E-state index in [4.69, 9.17) is 14.2 Å². The molecular weight excluding hydrogens is 468 g/mol. The Morgan fingerprint density at radius 2 is 1.73 bits per heavy atom. The van der Waals surface area contributed by atoms with Gasteiger partial charge < -0.3 is 19.5 Å². The molecule has 0 fully saturated rings. The Bertz CT molecular complexity index is 926. The zero-order valence-corrected chi connectivity index (χ0v) is 19.5. The minimum absolute atomic E-state index is 0. The van der Waals surface area contributed by atoms with E-state index in [1.807, 2.05) is 42.5 Å². The summed E-state index contributed by atoms with van der Waals surface area (Å²) in [6.07, 6.45) is 2.66. The second kappa shape index (κ2) is 12.4. The van der Waals surface area contributed by atoms with Crippen molar-refractivity contribution in [1.29, 1.82) is 0 Å². The summed E-state index contributed by atoms with van der Waals surface area (Å²) in [5.74, 6) is 2.35. The van der Waals surface area contributed by atoms with Gasteiger partial charge in [0.05, 0.1) is 19.9 Å². The van der Waals surface area contributed by atoms with Gasteiger partial charge in [0.15, 0.2) is 11.5 Å². The van der Waals surface area contributed by atoms with E-state index in [9.17, 15) is 0 Å². The lowest BCUT2D eigenvalue weighted by Crippen LogP contribution is -2.17. The van der Waals surface area contributed by atoms with Gasteiger partial charge in [0, 0.05) is 22.8 Å². The lowest BCUT2D eigenvalue weighted by atomic mass is 10.1. The van der Waals surface area contributed by atoms with Crippen LogP contribution in [0.4, 0.5) is 0 Å². The molecule has 5 nitrogen and oxygen atoms in total. The van der Waals surface area contributed by atoms with E-state index >= 15 is 0 Å². The average Bonchev–Trinajstić information content (AvgIpc) is 2.76. The van der Waals surface area contributed by atoms with Crippen LogP contribution in [0, 0.1) is 0 Å². The predicted octanol–water partition coefficient (Wildman–Crippen LogP) is 5.19. The summed E-state index contributed by atoms with van der Waals surface area (Å²) < 4.78 is 17.7. The van der Waals surface area contributed by atoms with Gasteiger partial charge in [0.25, 0.3) is 0 Å². The van der Waals surface area contributed by atoms with Crippen LogP contribution in [0.25, 0.3) is 0 Å². The minimum atomic E-state index is 0. The number of benzene rings is 2. The molecule has 3 aromatic rings. The Hall–Kier alpha value is -2.28. The van der Waals surface area contributed by atoms with Gasteiger partial charge in [-0.25, -0.2) is 0 Å². The number of pyridine rings is 1.